The molecule has 28 heavy (non-hydrogen) atoms. The lowest BCUT2D eigenvalue weighted by Crippen LogP contribution is -2.27. The first-order valence-corrected chi connectivity index (χ1v) is 10.4. The Morgan fingerprint density at radius 2 is 1.68 bits per heavy atom. The highest BCUT2D eigenvalue weighted by Crippen LogP contribution is 2.28. The predicted octanol–water partition coefficient (Wildman–Crippen LogP) is 5.98. The quantitative estimate of drug-likeness (QED) is 0.445. The standard InChI is InChI=1S/C23H26BrN3O/c1-3-27(4-2)16-17-28-19-14-12-18(13-15-19)25-23-11-7-10-22(26-23)20-8-5-6-9-21(20)24/h5-15H,3-4,16-17H2,1-2H3,(H,25,26). The molecular formula is C23H26BrN3O. The van der Waals surface area contributed by atoms with Crippen molar-refractivity contribution in [2.24, 2.45) is 0 Å². The molecule has 0 aliphatic rings. The molecule has 0 fully saturated rings. The molecule has 3 rings (SSSR count). The molecule has 0 aliphatic heterocycles. The Morgan fingerprint density at radius 1 is 0.929 bits per heavy atom. The van der Waals surface area contributed by atoms with Gasteiger partial charge in [0.25, 0.3) is 0 Å². The van der Waals surface area contributed by atoms with Gasteiger partial charge in [-0.25, -0.2) is 4.98 Å². The van der Waals surface area contributed by atoms with Gasteiger partial charge < -0.3 is 15.0 Å². The molecule has 0 bridgehead atoms. The highest BCUT2D eigenvalue weighted by atomic mass is 79.9. The number of benzene rings is 2. The van der Waals surface area contributed by atoms with Gasteiger partial charge in [-0.1, -0.05) is 54.0 Å². The summed E-state index contributed by atoms with van der Waals surface area (Å²) in [6.45, 7) is 8.08. The highest BCUT2D eigenvalue weighted by Gasteiger charge is 2.05. The van der Waals surface area contributed by atoms with E-state index in [0.717, 1.165) is 52.6 Å². The van der Waals surface area contributed by atoms with Crippen molar-refractivity contribution in [2.75, 3.05) is 31.6 Å². The first-order chi connectivity index (χ1) is 13.7. The molecule has 4 nitrogen and oxygen atoms in total. The van der Waals surface area contributed by atoms with Gasteiger partial charge in [0.1, 0.15) is 18.2 Å². The first kappa shape index (κ1) is 20.4. The molecule has 0 saturated carbocycles. The summed E-state index contributed by atoms with van der Waals surface area (Å²) in [6.07, 6.45) is 0. The predicted molar refractivity (Wildman–Crippen MR) is 120 cm³/mol. The van der Waals surface area contributed by atoms with E-state index in [2.05, 4.69) is 46.1 Å². The maximum absolute atomic E-state index is 5.85. The van der Waals surface area contributed by atoms with Gasteiger partial charge in [0.2, 0.25) is 0 Å². The molecule has 1 heterocycles. The van der Waals surface area contributed by atoms with Crippen molar-refractivity contribution < 1.29 is 4.74 Å². The zero-order chi connectivity index (χ0) is 19.8. The van der Waals surface area contributed by atoms with Crippen LogP contribution < -0.4 is 10.1 Å². The summed E-state index contributed by atoms with van der Waals surface area (Å²) in [6, 6.07) is 22.1. The van der Waals surface area contributed by atoms with Gasteiger partial charge in [0.05, 0.1) is 5.69 Å². The summed E-state index contributed by atoms with van der Waals surface area (Å²) in [5, 5.41) is 3.36. The third-order valence-electron chi connectivity index (χ3n) is 4.60. The third-order valence-corrected chi connectivity index (χ3v) is 5.29. The molecule has 0 radical (unpaired) electrons. The number of likely N-dealkylation sites (N-methyl/N-ethyl adjacent to an activating group) is 1. The Hall–Kier alpha value is -2.37. The molecule has 146 valence electrons. The van der Waals surface area contributed by atoms with Crippen LogP contribution in [0.2, 0.25) is 0 Å². The van der Waals surface area contributed by atoms with Crippen molar-refractivity contribution in [1.82, 2.24) is 9.88 Å². The molecule has 0 amide bonds. The number of nitrogens with one attached hydrogen (secondary N) is 1. The Balaban J connectivity index is 1.61. The average molecular weight is 440 g/mol. The summed E-state index contributed by atoms with van der Waals surface area (Å²) in [5.41, 5.74) is 2.98. The van der Waals surface area contributed by atoms with Gasteiger partial charge in [-0.15, -0.1) is 0 Å². The minimum atomic E-state index is 0.698. The van der Waals surface area contributed by atoms with Crippen molar-refractivity contribution in [2.45, 2.75) is 13.8 Å². The summed E-state index contributed by atoms with van der Waals surface area (Å²) in [5.74, 6) is 1.69. The van der Waals surface area contributed by atoms with Crippen LogP contribution in [0.5, 0.6) is 5.75 Å². The fourth-order valence-electron chi connectivity index (χ4n) is 2.94. The molecule has 1 N–H and O–H groups in total. The Bertz CT molecular complexity index is 879. The normalized spacial score (nSPS) is 10.9. The lowest BCUT2D eigenvalue weighted by molar-refractivity contribution is 0.223. The van der Waals surface area contributed by atoms with Crippen molar-refractivity contribution >= 4 is 27.4 Å². The van der Waals surface area contributed by atoms with Crippen LogP contribution in [0.4, 0.5) is 11.5 Å². The number of nitrogens with zero attached hydrogens (tertiary/aromatic N) is 2. The zero-order valence-electron chi connectivity index (χ0n) is 16.4. The van der Waals surface area contributed by atoms with E-state index >= 15 is 0 Å². The zero-order valence-corrected chi connectivity index (χ0v) is 17.9. The van der Waals surface area contributed by atoms with Crippen LogP contribution in [0, 0.1) is 0 Å². The van der Waals surface area contributed by atoms with Crippen molar-refractivity contribution in [3.63, 3.8) is 0 Å². The van der Waals surface area contributed by atoms with Gasteiger partial charge in [0.15, 0.2) is 0 Å². The number of rotatable bonds is 9. The molecule has 0 unspecified atom stereocenters. The van der Waals surface area contributed by atoms with Crippen LogP contribution in [0.3, 0.4) is 0 Å². The average Bonchev–Trinajstić information content (AvgIpc) is 2.73. The fourth-order valence-corrected chi connectivity index (χ4v) is 3.43. The number of pyridine rings is 1. The Kier molecular flexibility index (Phi) is 7.46. The highest BCUT2D eigenvalue weighted by molar-refractivity contribution is 9.10. The number of aromatic nitrogens is 1. The minimum Gasteiger partial charge on any atom is -0.492 e. The third kappa shape index (κ3) is 5.57. The number of ether oxygens (including phenoxy) is 1. The van der Waals surface area contributed by atoms with Crippen LogP contribution in [0.1, 0.15) is 13.8 Å². The van der Waals surface area contributed by atoms with E-state index < -0.39 is 0 Å². The molecule has 3 aromatic rings. The molecule has 1 aromatic heterocycles. The lowest BCUT2D eigenvalue weighted by atomic mass is 10.1. The topological polar surface area (TPSA) is 37.4 Å². The van der Waals surface area contributed by atoms with Gasteiger partial charge in [-0.05, 0) is 55.6 Å². The number of anilines is 2. The van der Waals surface area contributed by atoms with Gasteiger partial charge in [0, 0.05) is 22.3 Å². The summed E-state index contributed by atoms with van der Waals surface area (Å²) >= 11 is 3.59. The smallest absolute Gasteiger partial charge is 0.131 e. The molecule has 2 aromatic carbocycles. The molecule has 0 saturated heterocycles. The summed E-state index contributed by atoms with van der Waals surface area (Å²) < 4.78 is 6.88. The van der Waals surface area contributed by atoms with Crippen molar-refractivity contribution in [3.05, 3.63) is 71.2 Å². The van der Waals surface area contributed by atoms with Crippen LogP contribution in [-0.4, -0.2) is 36.1 Å². The van der Waals surface area contributed by atoms with E-state index in [1.165, 1.54) is 0 Å². The van der Waals surface area contributed by atoms with E-state index in [1.807, 2.05) is 60.7 Å². The van der Waals surface area contributed by atoms with E-state index in [0.29, 0.717) is 6.61 Å². The SMILES string of the molecule is CCN(CC)CCOc1ccc(Nc2cccc(-c3ccccc3Br)n2)cc1. The van der Waals surface area contributed by atoms with Crippen LogP contribution in [0.15, 0.2) is 71.2 Å². The number of hydrogen-bond donors (Lipinski definition) is 1. The van der Waals surface area contributed by atoms with E-state index in [4.69, 9.17) is 9.72 Å². The molecule has 5 heteroatoms. The molecule has 0 aliphatic carbocycles. The van der Waals surface area contributed by atoms with Crippen molar-refractivity contribution in [1.29, 1.82) is 0 Å². The van der Waals surface area contributed by atoms with Gasteiger partial charge in [-0.3, -0.25) is 0 Å². The first-order valence-electron chi connectivity index (χ1n) is 9.63. The minimum absolute atomic E-state index is 0.698. The summed E-state index contributed by atoms with van der Waals surface area (Å²) in [7, 11) is 0. The Morgan fingerprint density at radius 3 is 2.39 bits per heavy atom. The van der Waals surface area contributed by atoms with Crippen molar-refractivity contribution in [3.8, 4) is 17.0 Å². The van der Waals surface area contributed by atoms with Gasteiger partial charge in [-0.2, -0.15) is 0 Å². The number of halogens is 1. The maximum Gasteiger partial charge on any atom is 0.131 e. The molecule has 0 spiro atoms. The lowest BCUT2D eigenvalue weighted by Gasteiger charge is -2.18. The molecule has 0 atom stereocenters. The van der Waals surface area contributed by atoms with Crippen LogP contribution in [0.25, 0.3) is 11.3 Å². The van der Waals surface area contributed by atoms with Gasteiger partial charge >= 0.3 is 0 Å². The fraction of sp³-hybridized carbons (Fsp3) is 0.261. The second kappa shape index (κ2) is 10.2. The second-order valence-corrected chi connectivity index (χ2v) is 7.27. The van der Waals surface area contributed by atoms with E-state index in [1.54, 1.807) is 0 Å². The van der Waals surface area contributed by atoms with E-state index in [-0.39, 0.29) is 0 Å². The largest absolute Gasteiger partial charge is 0.492 e. The maximum atomic E-state index is 5.85. The molecular weight excluding hydrogens is 414 g/mol. The monoisotopic (exact) mass is 439 g/mol. The number of hydrogen-bond acceptors (Lipinski definition) is 4. The summed E-state index contributed by atoms with van der Waals surface area (Å²) in [4.78, 5) is 7.08. The van der Waals surface area contributed by atoms with Crippen LogP contribution in [-0.2, 0) is 0 Å². The van der Waals surface area contributed by atoms with Crippen LogP contribution >= 0.6 is 15.9 Å². The van der Waals surface area contributed by atoms with E-state index in [9.17, 15) is 0 Å². The Labute approximate surface area is 175 Å². The second-order valence-electron chi connectivity index (χ2n) is 6.41.